The van der Waals surface area contributed by atoms with Gasteiger partial charge in [0.15, 0.2) is 0 Å². The topological polar surface area (TPSA) is 72.2 Å². The van der Waals surface area contributed by atoms with Gasteiger partial charge in [-0.1, -0.05) is 19.8 Å². The molecule has 0 aliphatic carbocycles. The second-order valence-electron chi connectivity index (χ2n) is 4.40. The minimum Gasteiger partial charge on any atom is -0.355 e. The van der Waals surface area contributed by atoms with Crippen molar-refractivity contribution in [3.05, 3.63) is 0 Å². The molecule has 5 heteroatoms. The smallest absolute Gasteiger partial charge is 0.220 e. The van der Waals surface area contributed by atoms with Crippen molar-refractivity contribution in [1.82, 2.24) is 5.32 Å². The van der Waals surface area contributed by atoms with Gasteiger partial charge < -0.3 is 11.1 Å². The van der Waals surface area contributed by atoms with E-state index in [-0.39, 0.29) is 5.91 Å². The summed E-state index contributed by atoms with van der Waals surface area (Å²) in [6.45, 7) is 3.36. The first kappa shape index (κ1) is 16.6. The largest absolute Gasteiger partial charge is 0.355 e. The van der Waals surface area contributed by atoms with Gasteiger partial charge >= 0.3 is 0 Å². The maximum Gasteiger partial charge on any atom is 0.220 e. The van der Waals surface area contributed by atoms with E-state index in [2.05, 4.69) is 12.2 Å². The number of hydrogen-bond donors (Lipinski definition) is 2. The van der Waals surface area contributed by atoms with E-state index in [1.807, 2.05) is 0 Å². The zero-order chi connectivity index (χ0) is 13.1. The monoisotopic (exact) mass is 262 g/mol. The minimum atomic E-state index is -0.832. The van der Waals surface area contributed by atoms with Crippen LogP contribution in [0.15, 0.2) is 0 Å². The molecule has 2 atom stereocenters. The van der Waals surface area contributed by atoms with Crippen molar-refractivity contribution in [2.24, 2.45) is 11.7 Å². The van der Waals surface area contributed by atoms with Crippen LogP contribution in [0.25, 0.3) is 0 Å². The lowest BCUT2D eigenvalue weighted by Gasteiger charge is -2.14. The Morgan fingerprint density at radius 1 is 1.35 bits per heavy atom. The highest BCUT2D eigenvalue weighted by Crippen LogP contribution is 2.16. The molecule has 3 N–H and O–H groups in total. The Bertz CT molecular complexity index is 229. The molecule has 0 aromatic carbocycles. The quantitative estimate of drug-likeness (QED) is 0.617. The lowest BCUT2D eigenvalue weighted by atomic mass is 9.94. The lowest BCUT2D eigenvalue weighted by molar-refractivity contribution is -0.121. The Hall–Kier alpha value is -0.420. The van der Waals surface area contributed by atoms with Crippen LogP contribution in [0.3, 0.4) is 0 Å². The first-order valence-corrected chi connectivity index (χ1v) is 8.09. The van der Waals surface area contributed by atoms with Gasteiger partial charge in [-0.05, 0) is 25.3 Å². The van der Waals surface area contributed by atoms with Crippen LogP contribution in [-0.2, 0) is 15.6 Å². The summed E-state index contributed by atoms with van der Waals surface area (Å²) in [5.74, 6) is 1.16. The number of carbonyl (C=O) groups is 1. The number of nitrogens with two attached hydrogens (primary N) is 1. The van der Waals surface area contributed by atoms with Crippen LogP contribution in [-0.4, -0.2) is 35.2 Å². The van der Waals surface area contributed by atoms with E-state index in [9.17, 15) is 9.00 Å². The van der Waals surface area contributed by atoms with Crippen LogP contribution >= 0.6 is 0 Å². The van der Waals surface area contributed by atoms with Gasteiger partial charge in [0.25, 0.3) is 0 Å². The first-order chi connectivity index (χ1) is 8.10. The Kier molecular flexibility index (Phi) is 10.5. The number of amides is 1. The molecule has 0 saturated heterocycles. The van der Waals surface area contributed by atoms with Gasteiger partial charge in [-0.25, -0.2) is 0 Å². The Labute approximate surface area is 107 Å². The summed E-state index contributed by atoms with van der Waals surface area (Å²) in [5.41, 5.74) is 5.55. The van der Waals surface area contributed by atoms with E-state index in [1.54, 1.807) is 6.26 Å². The molecule has 17 heavy (non-hydrogen) atoms. The molecule has 0 heterocycles. The number of rotatable bonds is 10. The van der Waals surface area contributed by atoms with Crippen LogP contribution in [0.1, 0.15) is 39.0 Å². The van der Waals surface area contributed by atoms with Crippen molar-refractivity contribution in [3.63, 3.8) is 0 Å². The van der Waals surface area contributed by atoms with Gasteiger partial charge in [-0.3, -0.25) is 9.00 Å². The maximum atomic E-state index is 11.5. The zero-order valence-electron chi connectivity index (χ0n) is 11.0. The van der Waals surface area contributed by atoms with Gasteiger partial charge in [0, 0.05) is 35.8 Å². The summed E-state index contributed by atoms with van der Waals surface area (Å²) in [6.07, 6.45) is 6.39. The molecule has 0 aromatic heterocycles. The minimum absolute atomic E-state index is 0.0635. The third-order valence-corrected chi connectivity index (χ3v) is 3.54. The summed E-state index contributed by atoms with van der Waals surface area (Å²) in [6, 6.07) is 0. The van der Waals surface area contributed by atoms with E-state index in [1.165, 1.54) is 0 Å². The van der Waals surface area contributed by atoms with Crippen LogP contribution in [0, 0.1) is 5.92 Å². The zero-order valence-corrected chi connectivity index (χ0v) is 11.9. The normalized spacial score (nSPS) is 14.3. The Balaban J connectivity index is 3.68. The molecule has 1 amide bonds. The summed E-state index contributed by atoms with van der Waals surface area (Å²) in [4.78, 5) is 11.5. The molecule has 4 nitrogen and oxygen atoms in total. The van der Waals surface area contributed by atoms with E-state index < -0.39 is 10.8 Å². The highest BCUT2D eigenvalue weighted by molar-refractivity contribution is 7.84. The summed E-state index contributed by atoms with van der Waals surface area (Å²) >= 11 is 0. The average Bonchev–Trinajstić information content (AvgIpc) is 2.26. The summed E-state index contributed by atoms with van der Waals surface area (Å²) < 4.78 is 10.8. The SMILES string of the molecule is CCCC(CCN)CCC(=O)NCCS(C)=O. The van der Waals surface area contributed by atoms with Crippen molar-refractivity contribution < 1.29 is 9.00 Å². The van der Waals surface area contributed by atoms with Gasteiger partial charge in [0.05, 0.1) is 0 Å². The summed E-state index contributed by atoms with van der Waals surface area (Å²) in [5, 5.41) is 2.79. The van der Waals surface area contributed by atoms with Gasteiger partial charge in [0.2, 0.25) is 5.91 Å². The number of hydrogen-bond acceptors (Lipinski definition) is 3. The van der Waals surface area contributed by atoms with Crippen molar-refractivity contribution in [2.75, 3.05) is 25.1 Å². The van der Waals surface area contributed by atoms with E-state index >= 15 is 0 Å². The van der Waals surface area contributed by atoms with Crippen LogP contribution in [0.2, 0.25) is 0 Å². The van der Waals surface area contributed by atoms with Crippen molar-refractivity contribution >= 4 is 16.7 Å². The van der Waals surface area contributed by atoms with Gasteiger partial charge in [0.1, 0.15) is 0 Å². The molecular weight excluding hydrogens is 236 g/mol. The Morgan fingerprint density at radius 2 is 2.06 bits per heavy atom. The third kappa shape index (κ3) is 10.5. The molecule has 102 valence electrons. The molecule has 0 bridgehead atoms. The second-order valence-corrected chi connectivity index (χ2v) is 5.95. The molecule has 0 saturated carbocycles. The predicted octanol–water partition coefficient (Wildman–Crippen LogP) is 1.03. The van der Waals surface area contributed by atoms with Crippen LogP contribution in [0.4, 0.5) is 0 Å². The molecule has 0 spiro atoms. The number of carbonyl (C=O) groups excluding carboxylic acids is 1. The fourth-order valence-corrected chi connectivity index (χ4v) is 2.22. The lowest BCUT2D eigenvalue weighted by Crippen LogP contribution is -2.27. The maximum absolute atomic E-state index is 11.5. The molecule has 0 aromatic rings. The van der Waals surface area contributed by atoms with Crippen molar-refractivity contribution in [1.29, 1.82) is 0 Å². The molecule has 0 aliphatic rings. The third-order valence-electron chi connectivity index (χ3n) is 2.76. The summed E-state index contributed by atoms with van der Waals surface area (Å²) in [7, 11) is -0.832. The van der Waals surface area contributed by atoms with Crippen LogP contribution < -0.4 is 11.1 Å². The van der Waals surface area contributed by atoms with Crippen LogP contribution in [0.5, 0.6) is 0 Å². The molecule has 0 aliphatic heterocycles. The van der Waals surface area contributed by atoms with E-state index in [0.717, 1.165) is 25.7 Å². The molecule has 0 radical (unpaired) electrons. The first-order valence-electron chi connectivity index (χ1n) is 6.36. The highest BCUT2D eigenvalue weighted by Gasteiger charge is 2.09. The van der Waals surface area contributed by atoms with E-state index in [0.29, 0.717) is 31.2 Å². The number of nitrogens with one attached hydrogen (secondary N) is 1. The van der Waals surface area contributed by atoms with E-state index in [4.69, 9.17) is 5.73 Å². The molecule has 2 unspecified atom stereocenters. The predicted molar refractivity (Wildman–Crippen MR) is 73.2 cm³/mol. The second kappa shape index (κ2) is 10.7. The molecule has 0 rings (SSSR count). The van der Waals surface area contributed by atoms with Crippen molar-refractivity contribution in [2.45, 2.75) is 39.0 Å². The highest BCUT2D eigenvalue weighted by atomic mass is 32.2. The molecular formula is C12H26N2O2S. The van der Waals surface area contributed by atoms with Gasteiger partial charge in [-0.15, -0.1) is 0 Å². The Morgan fingerprint density at radius 3 is 2.59 bits per heavy atom. The fourth-order valence-electron chi connectivity index (χ4n) is 1.83. The molecule has 0 fully saturated rings. The van der Waals surface area contributed by atoms with Gasteiger partial charge in [-0.2, -0.15) is 0 Å². The average molecular weight is 262 g/mol. The fraction of sp³-hybridized carbons (Fsp3) is 0.917. The standard InChI is InChI=1S/C12H26N2O2S/c1-3-4-11(7-8-13)5-6-12(15)14-9-10-17(2)16/h11H,3-10,13H2,1-2H3,(H,14,15). The van der Waals surface area contributed by atoms with Crippen molar-refractivity contribution in [3.8, 4) is 0 Å².